The molecule has 0 unspecified atom stereocenters. The van der Waals surface area contributed by atoms with Gasteiger partial charge in [0.2, 0.25) is 5.75 Å². The summed E-state index contributed by atoms with van der Waals surface area (Å²) in [7, 11) is 2.76. The van der Waals surface area contributed by atoms with Gasteiger partial charge in [-0.15, -0.1) is 0 Å². The first-order valence-corrected chi connectivity index (χ1v) is 4.68. The quantitative estimate of drug-likeness (QED) is 0.592. The van der Waals surface area contributed by atoms with Crippen LogP contribution in [0, 0.1) is 10.1 Å². The lowest BCUT2D eigenvalue weighted by molar-refractivity contribution is -0.384. The van der Waals surface area contributed by atoms with Gasteiger partial charge in [-0.1, -0.05) is 0 Å². The van der Waals surface area contributed by atoms with Gasteiger partial charge in [-0.25, -0.2) is 9.97 Å². The Morgan fingerprint density at radius 3 is 2.71 bits per heavy atom. The second-order valence-corrected chi connectivity index (χ2v) is 3.17. The van der Waals surface area contributed by atoms with Crippen LogP contribution in [-0.4, -0.2) is 29.1 Å². The van der Waals surface area contributed by atoms with Crippen molar-refractivity contribution in [3.63, 3.8) is 0 Å². The van der Waals surface area contributed by atoms with Crippen molar-refractivity contribution in [2.75, 3.05) is 14.2 Å². The Morgan fingerprint density at radius 1 is 1.35 bits per heavy atom. The van der Waals surface area contributed by atoms with E-state index in [4.69, 9.17) is 9.47 Å². The number of benzene rings is 1. The second-order valence-electron chi connectivity index (χ2n) is 3.17. The summed E-state index contributed by atoms with van der Waals surface area (Å²) in [6.07, 6.45) is 2.69. The molecule has 0 N–H and O–H groups in total. The van der Waals surface area contributed by atoms with Crippen molar-refractivity contribution in [1.82, 2.24) is 9.97 Å². The monoisotopic (exact) mass is 235 g/mol. The van der Waals surface area contributed by atoms with E-state index in [9.17, 15) is 10.1 Å². The van der Waals surface area contributed by atoms with E-state index in [0.717, 1.165) is 0 Å². The minimum absolute atomic E-state index is 0.0693. The zero-order valence-corrected chi connectivity index (χ0v) is 9.21. The van der Waals surface area contributed by atoms with Gasteiger partial charge in [0.1, 0.15) is 11.7 Å². The Hall–Kier alpha value is -2.44. The largest absolute Gasteiger partial charge is 0.493 e. The number of nitrogens with zero attached hydrogens (tertiary/aromatic N) is 3. The number of fused-ring (bicyclic) bond motifs is 1. The average Bonchev–Trinajstić information content (AvgIpc) is 2.35. The third-order valence-electron chi connectivity index (χ3n) is 2.31. The lowest BCUT2D eigenvalue weighted by Gasteiger charge is -2.09. The first-order valence-electron chi connectivity index (χ1n) is 4.68. The van der Waals surface area contributed by atoms with Crippen LogP contribution < -0.4 is 9.47 Å². The Morgan fingerprint density at radius 2 is 2.12 bits per heavy atom. The Kier molecular flexibility index (Phi) is 2.73. The number of aromatic nitrogens is 2. The van der Waals surface area contributed by atoms with Crippen LogP contribution in [0.1, 0.15) is 0 Å². The molecule has 0 fully saturated rings. The standard InChI is InChI=1S/C10H9N3O4/c1-16-8-3-7-6(4-11-5-12-7)9(13(14)15)10(8)17-2/h3-5H,1-2H3. The number of rotatable bonds is 3. The maximum absolute atomic E-state index is 11.1. The molecule has 17 heavy (non-hydrogen) atoms. The van der Waals surface area contributed by atoms with Crippen LogP contribution in [-0.2, 0) is 0 Å². The minimum atomic E-state index is -0.535. The SMILES string of the molecule is COc1cc2ncncc2c([N+](=O)[O-])c1OC. The molecule has 0 aliphatic carbocycles. The highest BCUT2D eigenvalue weighted by Crippen LogP contribution is 2.41. The fraction of sp³-hybridized carbons (Fsp3) is 0.200. The second kappa shape index (κ2) is 4.20. The average molecular weight is 235 g/mol. The number of nitro groups is 1. The van der Waals surface area contributed by atoms with Crippen molar-refractivity contribution in [3.8, 4) is 11.5 Å². The molecular weight excluding hydrogens is 226 g/mol. The number of nitro benzene ring substituents is 1. The van der Waals surface area contributed by atoms with Crippen LogP contribution >= 0.6 is 0 Å². The molecule has 0 aliphatic heterocycles. The van der Waals surface area contributed by atoms with Crippen LogP contribution in [0.5, 0.6) is 11.5 Å². The number of methoxy groups -OCH3 is 2. The third kappa shape index (κ3) is 1.71. The number of hydrogen-bond acceptors (Lipinski definition) is 6. The Bertz CT molecular complexity index is 585. The van der Waals surface area contributed by atoms with Crippen LogP contribution in [0.15, 0.2) is 18.6 Å². The van der Waals surface area contributed by atoms with Crippen molar-refractivity contribution in [2.45, 2.75) is 0 Å². The van der Waals surface area contributed by atoms with E-state index in [2.05, 4.69) is 9.97 Å². The zero-order valence-electron chi connectivity index (χ0n) is 9.21. The van der Waals surface area contributed by atoms with E-state index < -0.39 is 4.92 Å². The highest BCUT2D eigenvalue weighted by Gasteiger charge is 2.25. The van der Waals surface area contributed by atoms with Crippen molar-refractivity contribution in [2.24, 2.45) is 0 Å². The fourth-order valence-electron chi connectivity index (χ4n) is 1.60. The van der Waals surface area contributed by atoms with E-state index in [1.54, 1.807) is 6.07 Å². The molecule has 1 heterocycles. The third-order valence-corrected chi connectivity index (χ3v) is 2.31. The molecule has 2 aromatic rings. The molecule has 2 rings (SSSR count). The van der Waals surface area contributed by atoms with Gasteiger partial charge < -0.3 is 9.47 Å². The number of ether oxygens (including phenoxy) is 2. The summed E-state index contributed by atoms with van der Waals surface area (Å²) >= 11 is 0. The molecule has 1 aromatic carbocycles. The normalized spacial score (nSPS) is 10.2. The molecular formula is C10H9N3O4. The maximum Gasteiger partial charge on any atom is 0.325 e. The smallest absolute Gasteiger partial charge is 0.325 e. The van der Waals surface area contributed by atoms with Crippen LogP contribution in [0.4, 0.5) is 5.69 Å². The summed E-state index contributed by atoms with van der Waals surface area (Å²) in [6.45, 7) is 0. The van der Waals surface area contributed by atoms with Gasteiger partial charge in [0, 0.05) is 12.3 Å². The lowest BCUT2D eigenvalue weighted by Crippen LogP contribution is -1.99. The summed E-state index contributed by atoms with van der Waals surface area (Å²) in [4.78, 5) is 18.3. The molecule has 0 radical (unpaired) electrons. The van der Waals surface area contributed by atoms with Crippen LogP contribution in [0.2, 0.25) is 0 Å². The number of hydrogen-bond donors (Lipinski definition) is 0. The minimum Gasteiger partial charge on any atom is -0.493 e. The first kappa shape index (κ1) is 11.1. The maximum atomic E-state index is 11.1. The van der Waals surface area contributed by atoms with Gasteiger partial charge in [0.25, 0.3) is 0 Å². The summed E-state index contributed by atoms with van der Waals surface area (Å²) < 4.78 is 10.1. The first-order chi connectivity index (χ1) is 8.19. The topological polar surface area (TPSA) is 87.4 Å². The molecule has 0 amide bonds. The summed E-state index contributed by atoms with van der Waals surface area (Å²) in [6, 6.07) is 1.57. The van der Waals surface area contributed by atoms with Crippen LogP contribution in [0.3, 0.4) is 0 Å². The van der Waals surface area contributed by atoms with E-state index in [1.807, 2.05) is 0 Å². The van der Waals surface area contributed by atoms with E-state index >= 15 is 0 Å². The zero-order chi connectivity index (χ0) is 12.4. The predicted octanol–water partition coefficient (Wildman–Crippen LogP) is 1.56. The fourth-order valence-corrected chi connectivity index (χ4v) is 1.60. The molecule has 88 valence electrons. The van der Waals surface area contributed by atoms with E-state index in [1.165, 1.54) is 26.7 Å². The van der Waals surface area contributed by atoms with Crippen molar-refractivity contribution in [1.29, 1.82) is 0 Å². The molecule has 0 spiro atoms. The van der Waals surface area contributed by atoms with Gasteiger partial charge in [-0.05, 0) is 0 Å². The summed E-state index contributed by atoms with van der Waals surface area (Å²) in [5.74, 6) is 0.338. The molecule has 0 saturated carbocycles. The van der Waals surface area contributed by atoms with Crippen molar-refractivity contribution >= 4 is 16.6 Å². The molecule has 0 aliphatic rings. The molecule has 7 heteroatoms. The molecule has 0 bridgehead atoms. The molecule has 0 atom stereocenters. The van der Waals surface area contributed by atoms with Gasteiger partial charge in [-0.3, -0.25) is 10.1 Å². The van der Waals surface area contributed by atoms with Crippen molar-refractivity contribution < 1.29 is 14.4 Å². The van der Waals surface area contributed by atoms with Crippen LogP contribution in [0.25, 0.3) is 10.9 Å². The van der Waals surface area contributed by atoms with Gasteiger partial charge >= 0.3 is 5.69 Å². The van der Waals surface area contributed by atoms with Crippen molar-refractivity contribution in [3.05, 3.63) is 28.7 Å². The van der Waals surface area contributed by atoms with E-state index in [-0.39, 0.29) is 17.2 Å². The highest BCUT2D eigenvalue weighted by molar-refractivity contribution is 5.92. The summed E-state index contributed by atoms with van der Waals surface area (Å²) in [5.41, 5.74) is 0.242. The van der Waals surface area contributed by atoms with Gasteiger partial charge in [0.05, 0.1) is 24.7 Å². The Labute approximate surface area is 96.2 Å². The Balaban J connectivity index is 2.90. The predicted molar refractivity (Wildman–Crippen MR) is 59.3 cm³/mol. The highest BCUT2D eigenvalue weighted by atomic mass is 16.6. The lowest BCUT2D eigenvalue weighted by atomic mass is 10.2. The molecule has 7 nitrogen and oxygen atoms in total. The van der Waals surface area contributed by atoms with E-state index in [0.29, 0.717) is 10.9 Å². The molecule has 0 saturated heterocycles. The molecule has 1 aromatic heterocycles. The summed E-state index contributed by atoms with van der Waals surface area (Å²) in [5, 5.41) is 11.4. The van der Waals surface area contributed by atoms with Gasteiger partial charge in [0.15, 0.2) is 5.75 Å². The van der Waals surface area contributed by atoms with Gasteiger partial charge in [-0.2, -0.15) is 0 Å².